The van der Waals surface area contributed by atoms with Crippen molar-refractivity contribution < 1.29 is 14.3 Å². The van der Waals surface area contributed by atoms with Crippen LogP contribution in [0.2, 0.25) is 0 Å². The van der Waals surface area contributed by atoms with Gasteiger partial charge in [0.1, 0.15) is 11.5 Å². The van der Waals surface area contributed by atoms with Crippen LogP contribution in [-0.4, -0.2) is 32.0 Å². The highest BCUT2D eigenvalue weighted by Gasteiger charge is 2.49. The molecular weight excluding hydrogens is 348 g/mol. The number of benzene rings is 2. The zero-order valence-electron chi connectivity index (χ0n) is 14.7. The number of fused-ring (bicyclic) bond motifs is 2. The highest BCUT2D eigenvalue weighted by Crippen LogP contribution is 2.41. The van der Waals surface area contributed by atoms with Crippen molar-refractivity contribution in [3.8, 4) is 11.5 Å². The maximum Gasteiger partial charge on any atom is 0.280 e. The molecule has 0 bridgehead atoms. The zero-order valence-corrected chi connectivity index (χ0v) is 14.7. The fraction of sp³-hybridized carbons (Fsp3) is 0.167. The Kier molecular flexibility index (Phi) is 3.84. The van der Waals surface area contributed by atoms with Gasteiger partial charge in [0.25, 0.3) is 11.6 Å². The summed E-state index contributed by atoms with van der Waals surface area (Å²) in [6.45, 7) is 0. The van der Waals surface area contributed by atoms with Crippen LogP contribution in [-0.2, 0) is 10.5 Å². The molecule has 27 heavy (non-hydrogen) atoms. The lowest BCUT2D eigenvalue weighted by atomic mass is 10.0. The van der Waals surface area contributed by atoms with Crippen molar-refractivity contribution in [3.05, 3.63) is 48.0 Å². The van der Waals surface area contributed by atoms with Crippen molar-refractivity contribution in [3.63, 3.8) is 0 Å². The Morgan fingerprint density at radius 1 is 1.07 bits per heavy atom. The van der Waals surface area contributed by atoms with Crippen molar-refractivity contribution in [2.24, 2.45) is 15.7 Å². The molecule has 0 saturated carbocycles. The highest BCUT2D eigenvalue weighted by atomic mass is 16.5. The lowest BCUT2D eigenvalue weighted by Gasteiger charge is -2.26. The van der Waals surface area contributed by atoms with Crippen LogP contribution in [0.4, 0.5) is 11.4 Å². The van der Waals surface area contributed by atoms with E-state index in [9.17, 15) is 4.79 Å². The molecular formula is C18H18N6O3. The number of hydrogen-bond donors (Lipinski definition) is 4. The van der Waals surface area contributed by atoms with E-state index in [1.165, 1.54) is 0 Å². The Hall–Kier alpha value is -3.75. The molecule has 1 unspecified atom stereocenters. The van der Waals surface area contributed by atoms with E-state index < -0.39 is 5.66 Å². The van der Waals surface area contributed by atoms with E-state index in [1.54, 1.807) is 44.6 Å². The minimum absolute atomic E-state index is 0.0706. The van der Waals surface area contributed by atoms with Crippen LogP contribution in [0.25, 0.3) is 0 Å². The van der Waals surface area contributed by atoms with Gasteiger partial charge in [-0.2, -0.15) is 0 Å². The van der Waals surface area contributed by atoms with E-state index >= 15 is 0 Å². The van der Waals surface area contributed by atoms with E-state index in [1.807, 2.05) is 12.1 Å². The van der Waals surface area contributed by atoms with Crippen molar-refractivity contribution in [2.75, 3.05) is 24.9 Å². The number of guanidine groups is 2. The molecule has 2 aliphatic rings. The lowest BCUT2D eigenvalue weighted by Crippen LogP contribution is -2.49. The lowest BCUT2D eigenvalue weighted by molar-refractivity contribution is -0.120. The predicted molar refractivity (Wildman–Crippen MR) is 102 cm³/mol. The van der Waals surface area contributed by atoms with Crippen LogP contribution < -0.4 is 31.2 Å². The molecule has 0 aromatic heterocycles. The Bertz CT molecular complexity index is 987. The molecule has 1 spiro atoms. The molecule has 0 aliphatic carbocycles. The van der Waals surface area contributed by atoms with E-state index in [0.29, 0.717) is 28.4 Å². The van der Waals surface area contributed by atoms with Gasteiger partial charge < -0.3 is 25.8 Å². The molecule has 2 aromatic rings. The fourth-order valence-electron chi connectivity index (χ4n) is 3.09. The van der Waals surface area contributed by atoms with Crippen LogP contribution in [0.1, 0.15) is 5.56 Å². The van der Waals surface area contributed by atoms with Crippen LogP contribution >= 0.6 is 0 Å². The Morgan fingerprint density at radius 2 is 1.89 bits per heavy atom. The monoisotopic (exact) mass is 366 g/mol. The first kappa shape index (κ1) is 16.7. The van der Waals surface area contributed by atoms with Crippen molar-refractivity contribution in [1.29, 1.82) is 0 Å². The number of hydrogen-bond acceptors (Lipinski definition) is 8. The maximum atomic E-state index is 12.7. The summed E-state index contributed by atoms with van der Waals surface area (Å²) in [5, 5.41) is 8.74. The maximum absolute atomic E-state index is 12.7. The smallest absolute Gasteiger partial charge is 0.280 e. The largest absolute Gasteiger partial charge is 0.497 e. The SMILES string of the molecule is COc1ccc(OC)c(NC2=NC3(N=C(N)N2)C(=O)Nc2ccccc23)c1. The molecule has 5 N–H and O–H groups in total. The first-order chi connectivity index (χ1) is 13.1. The van der Waals surface area contributed by atoms with Gasteiger partial charge in [-0.3, -0.25) is 10.1 Å². The number of anilines is 2. The Morgan fingerprint density at radius 3 is 2.67 bits per heavy atom. The van der Waals surface area contributed by atoms with Crippen LogP contribution in [0.5, 0.6) is 11.5 Å². The number of para-hydroxylation sites is 1. The summed E-state index contributed by atoms with van der Waals surface area (Å²) >= 11 is 0. The van der Waals surface area contributed by atoms with Gasteiger partial charge in [-0.1, -0.05) is 18.2 Å². The topological polar surface area (TPSA) is 122 Å². The second-order valence-corrected chi connectivity index (χ2v) is 5.95. The summed E-state index contributed by atoms with van der Waals surface area (Å²) in [5.74, 6) is 1.17. The third kappa shape index (κ3) is 2.69. The number of nitrogens with two attached hydrogens (primary N) is 1. The standard InChI is InChI=1S/C18H18N6O3/c1-26-10-7-8-14(27-2)13(9-10)21-17-22-16(19)23-18(24-17)11-5-3-4-6-12(11)20-15(18)25/h3-9H,1-2H3,(H,20,25)(H4,19,21,22,23,24). The van der Waals surface area contributed by atoms with E-state index in [4.69, 9.17) is 15.2 Å². The van der Waals surface area contributed by atoms with Crippen LogP contribution in [0.3, 0.4) is 0 Å². The summed E-state index contributed by atoms with van der Waals surface area (Å²) < 4.78 is 10.6. The van der Waals surface area contributed by atoms with Gasteiger partial charge in [-0.25, -0.2) is 9.98 Å². The molecule has 2 aromatic carbocycles. The molecule has 0 saturated heterocycles. The molecule has 2 heterocycles. The number of nitrogens with one attached hydrogen (secondary N) is 3. The molecule has 0 fully saturated rings. The number of carbonyl (C=O) groups excluding carboxylic acids is 1. The number of amides is 1. The number of aliphatic imine (C=N–C) groups is 2. The number of methoxy groups -OCH3 is 2. The summed E-state index contributed by atoms with van der Waals surface area (Å²) in [6.07, 6.45) is 0. The first-order valence-corrected chi connectivity index (χ1v) is 8.18. The summed E-state index contributed by atoms with van der Waals surface area (Å²) in [5.41, 5.74) is 6.38. The quantitative estimate of drug-likeness (QED) is 0.647. The molecule has 4 rings (SSSR count). The number of nitrogens with zero attached hydrogens (tertiary/aromatic N) is 2. The molecule has 1 amide bonds. The molecule has 2 aliphatic heterocycles. The minimum atomic E-state index is -1.47. The van der Waals surface area contributed by atoms with Crippen LogP contribution in [0, 0.1) is 0 Å². The molecule has 9 nitrogen and oxygen atoms in total. The van der Waals surface area contributed by atoms with Gasteiger partial charge in [0, 0.05) is 17.3 Å². The van der Waals surface area contributed by atoms with Gasteiger partial charge in [-0.05, 0) is 18.2 Å². The van der Waals surface area contributed by atoms with Gasteiger partial charge in [0.2, 0.25) is 5.96 Å². The van der Waals surface area contributed by atoms with Gasteiger partial charge in [-0.15, -0.1) is 0 Å². The highest BCUT2D eigenvalue weighted by molar-refractivity contribution is 6.13. The third-order valence-electron chi connectivity index (χ3n) is 4.33. The second kappa shape index (κ2) is 6.20. The van der Waals surface area contributed by atoms with Crippen molar-refractivity contribution in [2.45, 2.75) is 5.66 Å². The molecule has 9 heteroatoms. The predicted octanol–water partition coefficient (Wildman–Crippen LogP) is 1.19. The van der Waals surface area contributed by atoms with Crippen molar-refractivity contribution in [1.82, 2.24) is 5.32 Å². The van der Waals surface area contributed by atoms with E-state index in [-0.39, 0.29) is 17.8 Å². The summed E-state index contributed by atoms with van der Waals surface area (Å²) in [7, 11) is 3.13. The zero-order chi connectivity index (χ0) is 19.0. The Labute approximate surface area is 155 Å². The van der Waals surface area contributed by atoms with E-state index in [2.05, 4.69) is 25.9 Å². The van der Waals surface area contributed by atoms with Gasteiger partial charge >= 0.3 is 0 Å². The second-order valence-electron chi connectivity index (χ2n) is 5.95. The van der Waals surface area contributed by atoms with Gasteiger partial charge in [0.05, 0.1) is 19.9 Å². The average molecular weight is 366 g/mol. The molecule has 138 valence electrons. The number of carbonyl (C=O) groups is 1. The van der Waals surface area contributed by atoms with Crippen LogP contribution in [0.15, 0.2) is 52.4 Å². The Balaban J connectivity index is 1.77. The van der Waals surface area contributed by atoms with E-state index in [0.717, 1.165) is 0 Å². The third-order valence-corrected chi connectivity index (χ3v) is 4.33. The fourth-order valence-corrected chi connectivity index (χ4v) is 3.09. The normalized spacial score (nSPS) is 20.1. The number of ether oxygens (including phenoxy) is 2. The number of rotatable bonds is 3. The molecule has 0 radical (unpaired) electrons. The average Bonchev–Trinajstić information content (AvgIpc) is 2.92. The first-order valence-electron chi connectivity index (χ1n) is 8.18. The minimum Gasteiger partial charge on any atom is -0.497 e. The molecule has 1 atom stereocenters. The van der Waals surface area contributed by atoms with Gasteiger partial charge in [0.15, 0.2) is 5.96 Å². The summed E-state index contributed by atoms with van der Waals surface area (Å²) in [4.78, 5) is 21.5. The summed E-state index contributed by atoms with van der Waals surface area (Å²) in [6, 6.07) is 12.5. The van der Waals surface area contributed by atoms with Crippen molar-refractivity contribution >= 4 is 29.2 Å².